The highest BCUT2D eigenvalue weighted by molar-refractivity contribution is 7.89. The van der Waals surface area contributed by atoms with E-state index in [4.69, 9.17) is 4.74 Å². The lowest BCUT2D eigenvalue weighted by Crippen LogP contribution is -2.53. The van der Waals surface area contributed by atoms with E-state index >= 15 is 0 Å². The monoisotopic (exact) mass is 625 g/mol. The normalized spacial score (nSPS) is 17.9. The number of nitrogens with zero attached hydrogens (tertiary/aromatic N) is 4. The zero-order valence-electron chi connectivity index (χ0n) is 22.8. The van der Waals surface area contributed by atoms with Crippen molar-refractivity contribution in [2.75, 3.05) is 38.6 Å². The first kappa shape index (κ1) is 30.2. The zero-order chi connectivity index (χ0) is 30.1. The lowest BCUT2D eigenvalue weighted by Gasteiger charge is -2.34. The van der Waals surface area contributed by atoms with Gasteiger partial charge in [-0.05, 0) is 36.1 Å². The van der Waals surface area contributed by atoms with E-state index in [1.165, 1.54) is 30.6 Å². The van der Waals surface area contributed by atoms with Crippen LogP contribution < -0.4 is 10.1 Å². The molecule has 1 saturated heterocycles. The van der Waals surface area contributed by atoms with Crippen molar-refractivity contribution in [2.24, 2.45) is 5.92 Å². The molecule has 1 unspecified atom stereocenters. The Labute approximate surface area is 244 Å². The fourth-order valence-electron chi connectivity index (χ4n) is 5.47. The molecule has 226 valence electrons. The highest BCUT2D eigenvalue weighted by Gasteiger charge is 2.44. The number of thiazole rings is 1. The number of benzene rings is 1. The lowest BCUT2D eigenvalue weighted by atomic mass is 9.87. The van der Waals surface area contributed by atoms with Crippen LogP contribution in [0.25, 0.3) is 10.3 Å². The Balaban J connectivity index is 1.31. The fraction of sp³-hybridized carbons (Fsp3) is 0.481. The van der Waals surface area contributed by atoms with Crippen LogP contribution in [0, 0.1) is 5.92 Å². The summed E-state index contributed by atoms with van der Waals surface area (Å²) < 4.78 is 70.9. The molecule has 5 rings (SSSR count). The van der Waals surface area contributed by atoms with Gasteiger partial charge in [0.05, 0.1) is 17.9 Å². The van der Waals surface area contributed by atoms with E-state index in [1.54, 1.807) is 24.3 Å². The second-order valence-electron chi connectivity index (χ2n) is 10.4. The number of ether oxygens (including phenoxy) is 1. The van der Waals surface area contributed by atoms with E-state index in [2.05, 4.69) is 15.3 Å². The third-order valence-electron chi connectivity index (χ3n) is 7.72. The highest BCUT2D eigenvalue weighted by atomic mass is 32.2. The Morgan fingerprint density at radius 1 is 1.05 bits per heavy atom. The second-order valence-corrected chi connectivity index (χ2v) is 13.3. The number of rotatable bonds is 8. The number of nitrogens with one attached hydrogen (secondary N) is 1. The zero-order valence-corrected chi connectivity index (χ0v) is 24.4. The van der Waals surface area contributed by atoms with E-state index in [9.17, 15) is 31.2 Å². The predicted octanol–water partition coefficient (Wildman–Crippen LogP) is 4.40. The molecule has 10 nitrogen and oxygen atoms in total. The summed E-state index contributed by atoms with van der Waals surface area (Å²) in [6.45, 7) is -1.20. The quantitative estimate of drug-likeness (QED) is 0.394. The van der Waals surface area contributed by atoms with Crippen LogP contribution in [-0.4, -0.2) is 78.9 Å². The van der Waals surface area contributed by atoms with Crippen molar-refractivity contribution in [3.63, 3.8) is 0 Å². The molecule has 42 heavy (non-hydrogen) atoms. The number of carbonyl (C=O) groups excluding carboxylic acids is 2. The van der Waals surface area contributed by atoms with Crippen molar-refractivity contribution in [3.8, 4) is 5.88 Å². The van der Waals surface area contributed by atoms with Gasteiger partial charge in [0.25, 0.3) is 0 Å². The number of sulfonamides is 1. The molecule has 2 aliphatic rings. The summed E-state index contributed by atoms with van der Waals surface area (Å²) >= 11 is 1.23. The number of aromatic nitrogens is 2. The van der Waals surface area contributed by atoms with Crippen LogP contribution >= 0.6 is 11.3 Å². The van der Waals surface area contributed by atoms with Crippen LogP contribution in [0.2, 0.25) is 0 Å². The molecule has 2 aromatic heterocycles. The number of piperazine rings is 1. The van der Waals surface area contributed by atoms with Gasteiger partial charge in [-0.25, -0.2) is 18.4 Å². The van der Waals surface area contributed by atoms with E-state index in [1.807, 2.05) is 0 Å². The minimum Gasteiger partial charge on any atom is -0.481 e. The largest absolute Gasteiger partial charge is 0.481 e. The Hall–Kier alpha value is -3.30. The summed E-state index contributed by atoms with van der Waals surface area (Å²) in [5.74, 6) is -1.97. The van der Waals surface area contributed by atoms with Gasteiger partial charge in [-0.15, -0.1) is 0 Å². The molecule has 3 heterocycles. The minimum atomic E-state index is -5.00. The average Bonchev–Trinajstić information content (AvgIpc) is 3.64. The van der Waals surface area contributed by atoms with E-state index in [0.29, 0.717) is 44.2 Å². The predicted molar refractivity (Wildman–Crippen MR) is 150 cm³/mol. The molecular formula is C27H30F3N5O5S2. The Bertz CT molecular complexity index is 1550. The van der Waals surface area contributed by atoms with Crippen LogP contribution in [-0.2, 0) is 19.6 Å². The first-order valence-electron chi connectivity index (χ1n) is 13.5. The summed E-state index contributed by atoms with van der Waals surface area (Å²) in [5, 5.41) is 3.31. The molecule has 1 N–H and O–H groups in total. The van der Waals surface area contributed by atoms with Gasteiger partial charge in [-0.2, -0.15) is 17.5 Å². The third-order valence-corrected chi connectivity index (χ3v) is 10.5. The molecule has 1 atom stereocenters. The van der Waals surface area contributed by atoms with Crippen LogP contribution in [0.3, 0.4) is 0 Å². The molecule has 2 amide bonds. The maximum Gasteiger partial charge on any atom is 0.471 e. The van der Waals surface area contributed by atoms with Gasteiger partial charge in [0, 0.05) is 32.2 Å². The number of hydrogen-bond donors (Lipinski definition) is 1. The van der Waals surface area contributed by atoms with Gasteiger partial charge < -0.3 is 15.0 Å². The van der Waals surface area contributed by atoms with Crippen molar-refractivity contribution in [1.29, 1.82) is 0 Å². The molecule has 0 radical (unpaired) electrons. The standard InChI is InChI=1S/C27H30F3N5O5S2/c1-40-22-11-10-21-24(32-22)41-26(31-21)33-23(36)20(16-17-4-2-3-5-17)18-6-8-19(9-7-18)42(38,39)35-14-12-34(13-15-35)25(37)27(28,29)30/h6-11,17,20H,2-5,12-16H2,1H3,(H,31,33,36). The molecule has 1 saturated carbocycles. The number of hydrogen-bond acceptors (Lipinski definition) is 8. The number of anilines is 1. The maximum atomic E-state index is 13.6. The Morgan fingerprint density at radius 2 is 1.71 bits per heavy atom. The molecular weight excluding hydrogens is 595 g/mol. The maximum absolute atomic E-state index is 13.6. The molecule has 1 aliphatic heterocycles. The molecule has 3 aromatic rings. The van der Waals surface area contributed by atoms with Crippen LogP contribution in [0.15, 0.2) is 41.3 Å². The molecule has 1 aliphatic carbocycles. The van der Waals surface area contributed by atoms with Crippen molar-refractivity contribution >= 4 is 48.7 Å². The van der Waals surface area contributed by atoms with E-state index < -0.39 is 28.0 Å². The van der Waals surface area contributed by atoms with Crippen molar-refractivity contribution in [1.82, 2.24) is 19.2 Å². The second kappa shape index (κ2) is 12.1. The van der Waals surface area contributed by atoms with Crippen LogP contribution in [0.1, 0.15) is 43.6 Å². The van der Waals surface area contributed by atoms with Gasteiger partial charge in [0.1, 0.15) is 10.3 Å². The van der Waals surface area contributed by atoms with E-state index in [-0.39, 0.29) is 37.0 Å². The molecule has 0 spiro atoms. The van der Waals surface area contributed by atoms with Crippen molar-refractivity contribution in [2.45, 2.75) is 49.1 Å². The molecule has 15 heteroatoms. The molecule has 2 fully saturated rings. The van der Waals surface area contributed by atoms with Crippen LogP contribution in [0.5, 0.6) is 5.88 Å². The number of fused-ring (bicyclic) bond motifs is 1. The van der Waals surface area contributed by atoms with Gasteiger partial charge in [-0.3, -0.25) is 9.59 Å². The summed E-state index contributed by atoms with van der Waals surface area (Å²) in [5.41, 5.74) is 1.28. The number of methoxy groups -OCH3 is 1. The Kier molecular flexibility index (Phi) is 8.71. The van der Waals surface area contributed by atoms with Crippen LogP contribution in [0.4, 0.5) is 18.3 Å². The number of alkyl halides is 3. The first-order valence-corrected chi connectivity index (χ1v) is 15.8. The average molecular weight is 626 g/mol. The molecule has 0 bridgehead atoms. The number of halogens is 3. The smallest absolute Gasteiger partial charge is 0.471 e. The van der Waals surface area contributed by atoms with E-state index in [0.717, 1.165) is 30.0 Å². The number of amides is 2. The molecule has 1 aromatic carbocycles. The Morgan fingerprint density at radius 3 is 2.33 bits per heavy atom. The van der Waals surface area contributed by atoms with Gasteiger partial charge in [0.15, 0.2) is 5.13 Å². The summed E-state index contributed by atoms with van der Waals surface area (Å²) in [6.07, 6.45) is -0.166. The summed E-state index contributed by atoms with van der Waals surface area (Å²) in [7, 11) is -2.50. The minimum absolute atomic E-state index is 0.0342. The van der Waals surface area contributed by atoms with Gasteiger partial charge in [-0.1, -0.05) is 49.2 Å². The summed E-state index contributed by atoms with van der Waals surface area (Å²) in [4.78, 5) is 35.1. The van der Waals surface area contributed by atoms with Crippen molar-refractivity contribution in [3.05, 3.63) is 42.0 Å². The first-order chi connectivity index (χ1) is 20.0. The topological polar surface area (TPSA) is 122 Å². The lowest BCUT2D eigenvalue weighted by molar-refractivity contribution is -0.186. The number of pyridine rings is 1. The van der Waals surface area contributed by atoms with Crippen molar-refractivity contribution < 1.29 is 35.9 Å². The fourth-order valence-corrected chi connectivity index (χ4v) is 7.72. The number of carbonyl (C=O) groups is 2. The summed E-state index contributed by atoms with van der Waals surface area (Å²) in [6, 6.07) is 9.51. The van der Waals surface area contributed by atoms with Gasteiger partial charge >= 0.3 is 12.1 Å². The third kappa shape index (κ3) is 6.52. The van der Waals surface area contributed by atoms with Gasteiger partial charge in [0.2, 0.25) is 21.8 Å². The SMILES string of the molecule is COc1ccc2nc(NC(=O)C(CC3CCCC3)c3ccc(S(=O)(=O)N4CCN(C(=O)C(F)(F)F)CC4)cc3)sc2n1. The highest BCUT2D eigenvalue weighted by Crippen LogP contribution is 2.36.